The zero-order valence-corrected chi connectivity index (χ0v) is 12.3. The number of hydrogen-bond donors (Lipinski definition) is 1. The van der Waals surface area contributed by atoms with Crippen LogP contribution in [0.25, 0.3) is 0 Å². The fourth-order valence-corrected chi connectivity index (χ4v) is 4.46. The number of thioether (sulfide) groups is 1. The molecule has 0 spiro atoms. The Hall–Kier alpha value is -1.04. The zero-order chi connectivity index (χ0) is 14.0. The maximum Gasteiger partial charge on any atom is 0.310 e. The van der Waals surface area contributed by atoms with Crippen molar-refractivity contribution < 1.29 is 14.4 Å². The molecule has 1 unspecified atom stereocenters. The Morgan fingerprint density at radius 2 is 2.15 bits per heavy atom. The summed E-state index contributed by atoms with van der Waals surface area (Å²) in [5, 5.41) is 13.9. The van der Waals surface area contributed by atoms with E-state index >= 15 is 0 Å². The van der Waals surface area contributed by atoms with Gasteiger partial charge in [0.15, 0.2) is 5.82 Å². The maximum absolute atomic E-state index is 11.5. The Morgan fingerprint density at radius 3 is 2.80 bits per heavy atom. The van der Waals surface area contributed by atoms with Gasteiger partial charge >= 0.3 is 5.97 Å². The Morgan fingerprint density at radius 1 is 1.35 bits per heavy atom. The lowest BCUT2D eigenvalue weighted by molar-refractivity contribution is -0.148. The lowest BCUT2D eigenvalue weighted by atomic mass is 9.83. The highest BCUT2D eigenvalue weighted by Crippen LogP contribution is 2.42. The van der Waals surface area contributed by atoms with E-state index < -0.39 is 11.4 Å². The number of carboxylic acid groups (broad SMARTS) is 1. The van der Waals surface area contributed by atoms with Crippen molar-refractivity contribution >= 4 is 17.7 Å². The standard InChI is InChI=1S/C14H20N2O3S/c17-13(18)14(6-2-3-7-14)9-11-15-12(16-19-11)10-5-1-4-8-20-10/h10H,1-9H2,(H,17,18). The van der Waals surface area contributed by atoms with Crippen molar-refractivity contribution in [2.75, 3.05) is 5.75 Å². The van der Waals surface area contributed by atoms with Gasteiger partial charge in [-0.3, -0.25) is 4.79 Å². The Balaban J connectivity index is 1.71. The molecule has 2 aliphatic rings. The van der Waals surface area contributed by atoms with Crippen LogP contribution in [0.5, 0.6) is 0 Å². The van der Waals surface area contributed by atoms with E-state index in [9.17, 15) is 9.90 Å². The predicted octanol–water partition coefficient (Wildman–Crippen LogP) is 3.22. The van der Waals surface area contributed by atoms with Gasteiger partial charge in [0.05, 0.1) is 10.7 Å². The fraction of sp³-hybridized carbons (Fsp3) is 0.786. The van der Waals surface area contributed by atoms with Crippen LogP contribution in [0.2, 0.25) is 0 Å². The van der Waals surface area contributed by atoms with E-state index in [1.165, 1.54) is 12.8 Å². The molecule has 110 valence electrons. The van der Waals surface area contributed by atoms with Crippen LogP contribution in [0.4, 0.5) is 0 Å². The lowest BCUT2D eigenvalue weighted by Gasteiger charge is -2.21. The van der Waals surface area contributed by atoms with Crippen LogP contribution in [0.3, 0.4) is 0 Å². The van der Waals surface area contributed by atoms with Crippen LogP contribution < -0.4 is 0 Å². The largest absolute Gasteiger partial charge is 0.481 e. The van der Waals surface area contributed by atoms with Crippen LogP contribution in [0, 0.1) is 5.41 Å². The zero-order valence-electron chi connectivity index (χ0n) is 11.5. The molecule has 5 nitrogen and oxygen atoms in total. The normalized spacial score (nSPS) is 25.7. The van der Waals surface area contributed by atoms with Crippen molar-refractivity contribution in [1.82, 2.24) is 10.1 Å². The van der Waals surface area contributed by atoms with Crippen molar-refractivity contribution in [3.63, 3.8) is 0 Å². The van der Waals surface area contributed by atoms with Crippen LogP contribution in [-0.2, 0) is 11.2 Å². The molecule has 1 saturated carbocycles. The first kappa shape index (κ1) is 13.9. The topological polar surface area (TPSA) is 76.2 Å². The smallest absolute Gasteiger partial charge is 0.310 e. The minimum Gasteiger partial charge on any atom is -0.481 e. The Bertz CT molecular complexity index is 477. The number of aromatic nitrogens is 2. The Kier molecular flexibility index (Phi) is 4.01. The van der Waals surface area contributed by atoms with Gasteiger partial charge in [-0.2, -0.15) is 16.7 Å². The molecule has 20 heavy (non-hydrogen) atoms. The first-order chi connectivity index (χ1) is 9.70. The van der Waals surface area contributed by atoms with E-state index in [1.54, 1.807) is 0 Å². The summed E-state index contributed by atoms with van der Waals surface area (Å²) in [5.41, 5.74) is -0.677. The third-order valence-corrected chi connectivity index (χ3v) is 5.83. The van der Waals surface area contributed by atoms with Gasteiger partial charge < -0.3 is 9.63 Å². The first-order valence-corrected chi connectivity index (χ1v) is 8.42. The number of rotatable bonds is 4. The first-order valence-electron chi connectivity index (χ1n) is 7.37. The average molecular weight is 296 g/mol. The van der Waals surface area contributed by atoms with E-state index in [-0.39, 0.29) is 0 Å². The molecule has 1 aromatic heterocycles. The average Bonchev–Trinajstić information content (AvgIpc) is 3.10. The van der Waals surface area contributed by atoms with Crippen molar-refractivity contribution in [2.45, 2.75) is 56.6 Å². The molecule has 3 rings (SSSR count). The molecule has 1 aromatic rings. The van der Waals surface area contributed by atoms with E-state index in [2.05, 4.69) is 10.1 Å². The second-order valence-corrected chi connectivity index (χ2v) is 7.18. The van der Waals surface area contributed by atoms with Gasteiger partial charge in [-0.1, -0.05) is 24.4 Å². The molecular weight excluding hydrogens is 276 g/mol. The van der Waals surface area contributed by atoms with Gasteiger partial charge in [-0.05, 0) is 31.4 Å². The highest BCUT2D eigenvalue weighted by atomic mass is 32.2. The van der Waals surface area contributed by atoms with Gasteiger partial charge in [-0.15, -0.1) is 0 Å². The second-order valence-electron chi connectivity index (χ2n) is 5.87. The molecule has 6 heteroatoms. The van der Waals surface area contributed by atoms with Gasteiger partial charge in [-0.25, -0.2) is 0 Å². The Labute approximate surface area is 122 Å². The maximum atomic E-state index is 11.5. The number of hydrogen-bond acceptors (Lipinski definition) is 5. The quantitative estimate of drug-likeness (QED) is 0.919. The molecule has 0 aromatic carbocycles. The van der Waals surface area contributed by atoms with Gasteiger partial charge in [0.2, 0.25) is 5.89 Å². The van der Waals surface area contributed by atoms with Crippen LogP contribution >= 0.6 is 11.8 Å². The van der Waals surface area contributed by atoms with Gasteiger partial charge in [0, 0.05) is 6.42 Å². The molecule has 0 bridgehead atoms. The number of nitrogens with zero attached hydrogens (tertiary/aromatic N) is 2. The number of carbonyl (C=O) groups is 1. The SMILES string of the molecule is O=C(O)C1(Cc2nc(C3CCCCS3)no2)CCCC1. The minimum absolute atomic E-state index is 0.325. The van der Waals surface area contributed by atoms with E-state index in [0.717, 1.165) is 43.7 Å². The second kappa shape index (κ2) is 5.76. The minimum atomic E-state index is -0.721. The molecule has 1 N–H and O–H groups in total. The summed E-state index contributed by atoms with van der Waals surface area (Å²) >= 11 is 1.88. The molecule has 0 radical (unpaired) electrons. The number of carboxylic acids is 1. The van der Waals surface area contributed by atoms with Crippen molar-refractivity contribution in [3.8, 4) is 0 Å². The van der Waals surface area contributed by atoms with Crippen molar-refractivity contribution in [3.05, 3.63) is 11.7 Å². The summed E-state index contributed by atoms with van der Waals surface area (Å²) in [6.45, 7) is 0. The van der Waals surface area contributed by atoms with Crippen LogP contribution in [0.15, 0.2) is 4.52 Å². The molecule has 2 heterocycles. The molecule has 1 atom stereocenters. The monoisotopic (exact) mass is 296 g/mol. The highest BCUT2D eigenvalue weighted by Gasteiger charge is 2.43. The van der Waals surface area contributed by atoms with Crippen molar-refractivity contribution in [2.24, 2.45) is 5.41 Å². The summed E-state index contributed by atoms with van der Waals surface area (Å²) in [6.07, 6.45) is 7.34. The van der Waals surface area contributed by atoms with Crippen LogP contribution in [0.1, 0.15) is 61.9 Å². The molecule has 2 fully saturated rings. The highest BCUT2D eigenvalue weighted by molar-refractivity contribution is 7.99. The molecular formula is C14H20N2O3S. The molecule has 1 aliphatic carbocycles. The van der Waals surface area contributed by atoms with Crippen LogP contribution in [-0.4, -0.2) is 27.0 Å². The summed E-state index contributed by atoms with van der Waals surface area (Å²) in [4.78, 5) is 16.0. The fourth-order valence-electron chi connectivity index (χ4n) is 3.22. The third-order valence-electron chi connectivity index (χ3n) is 4.46. The van der Waals surface area contributed by atoms with Gasteiger partial charge in [0.1, 0.15) is 0 Å². The molecule has 1 aliphatic heterocycles. The van der Waals surface area contributed by atoms with Gasteiger partial charge in [0.25, 0.3) is 0 Å². The predicted molar refractivity (Wildman–Crippen MR) is 75.6 cm³/mol. The molecule has 0 amide bonds. The van der Waals surface area contributed by atoms with Crippen molar-refractivity contribution in [1.29, 1.82) is 0 Å². The summed E-state index contributed by atoms with van der Waals surface area (Å²) in [7, 11) is 0. The summed E-state index contributed by atoms with van der Waals surface area (Å²) < 4.78 is 5.32. The molecule has 1 saturated heterocycles. The third kappa shape index (κ3) is 2.71. The van der Waals surface area contributed by atoms with E-state index in [1.807, 2.05) is 11.8 Å². The van der Waals surface area contributed by atoms with E-state index in [4.69, 9.17) is 4.52 Å². The summed E-state index contributed by atoms with van der Waals surface area (Å²) in [5.74, 6) is 1.67. The van der Waals surface area contributed by atoms with E-state index in [0.29, 0.717) is 17.6 Å². The lowest BCUT2D eigenvalue weighted by Crippen LogP contribution is -2.30. The summed E-state index contributed by atoms with van der Waals surface area (Å²) in [6, 6.07) is 0. The number of aliphatic carboxylic acids is 1.